The van der Waals surface area contributed by atoms with Gasteiger partial charge in [0.1, 0.15) is 0 Å². The summed E-state index contributed by atoms with van der Waals surface area (Å²) in [6, 6.07) is 0.121. The molecule has 0 spiro atoms. The van der Waals surface area contributed by atoms with Crippen molar-refractivity contribution >= 4 is 6.03 Å². The zero-order valence-corrected chi connectivity index (χ0v) is 11.6. The van der Waals surface area contributed by atoms with Gasteiger partial charge in [0.25, 0.3) is 0 Å². The Morgan fingerprint density at radius 3 is 2.61 bits per heavy atom. The van der Waals surface area contributed by atoms with Crippen molar-refractivity contribution in [3.63, 3.8) is 0 Å². The third kappa shape index (κ3) is 2.97. The zero-order valence-electron chi connectivity index (χ0n) is 11.6. The standard InChI is InChI=1S/C14H26N2O2/c1-11-6-5-9-16(10-11)14(18)15(2)12-7-3-4-8-13(12)17/h11-13,17H,3-10H2,1-2H3. The van der Waals surface area contributed by atoms with Crippen molar-refractivity contribution in [2.24, 2.45) is 5.92 Å². The van der Waals surface area contributed by atoms with Crippen LogP contribution < -0.4 is 0 Å². The lowest BCUT2D eigenvalue weighted by Gasteiger charge is -2.40. The second-order valence-corrected chi connectivity index (χ2v) is 6.01. The molecule has 1 aliphatic heterocycles. The summed E-state index contributed by atoms with van der Waals surface area (Å²) < 4.78 is 0. The molecule has 2 aliphatic rings. The summed E-state index contributed by atoms with van der Waals surface area (Å²) in [7, 11) is 1.85. The largest absolute Gasteiger partial charge is 0.391 e. The van der Waals surface area contributed by atoms with Crippen LogP contribution in [0.25, 0.3) is 0 Å². The molecular formula is C14H26N2O2. The Hall–Kier alpha value is -0.770. The van der Waals surface area contributed by atoms with E-state index in [1.165, 1.54) is 6.42 Å². The number of carbonyl (C=O) groups is 1. The number of hydrogen-bond donors (Lipinski definition) is 1. The number of rotatable bonds is 1. The van der Waals surface area contributed by atoms with Crippen LogP contribution in [0.15, 0.2) is 0 Å². The van der Waals surface area contributed by atoms with E-state index in [0.29, 0.717) is 5.92 Å². The van der Waals surface area contributed by atoms with Crippen LogP contribution in [-0.2, 0) is 0 Å². The van der Waals surface area contributed by atoms with Crippen molar-refractivity contribution in [3.05, 3.63) is 0 Å². The number of nitrogens with zero attached hydrogens (tertiary/aromatic N) is 2. The Morgan fingerprint density at radius 1 is 1.22 bits per heavy atom. The Balaban J connectivity index is 1.94. The predicted octanol–water partition coefficient (Wildman–Crippen LogP) is 2.07. The van der Waals surface area contributed by atoms with Gasteiger partial charge in [0.15, 0.2) is 0 Å². The summed E-state index contributed by atoms with van der Waals surface area (Å²) >= 11 is 0. The normalized spacial score (nSPS) is 33.3. The molecule has 0 aromatic heterocycles. The van der Waals surface area contributed by atoms with Gasteiger partial charge in [-0.2, -0.15) is 0 Å². The van der Waals surface area contributed by atoms with Gasteiger partial charge in [-0.25, -0.2) is 4.79 Å². The molecule has 1 aliphatic carbocycles. The lowest BCUT2D eigenvalue weighted by atomic mass is 9.91. The van der Waals surface area contributed by atoms with Gasteiger partial charge >= 0.3 is 6.03 Å². The molecular weight excluding hydrogens is 228 g/mol. The average Bonchev–Trinajstić information content (AvgIpc) is 2.37. The molecule has 4 nitrogen and oxygen atoms in total. The molecule has 3 atom stereocenters. The maximum absolute atomic E-state index is 12.4. The first-order valence-electron chi connectivity index (χ1n) is 7.29. The number of likely N-dealkylation sites (N-methyl/N-ethyl adjacent to an activating group) is 1. The minimum atomic E-state index is -0.338. The maximum atomic E-state index is 12.4. The number of hydrogen-bond acceptors (Lipinski definition) is 2. The predicted molar refractivity (Wildman–Crippen MR) is 71.4 cm³/mol. The lowest BCUT2D eigenvalue weighted by molar-refractivity contribution is 0.0347. The number of likely N-dealkylation sites (tertiary alicyclic amines) is 1. The molecule has 1 saturated heterocycles. The van der Waals surface area contributed by atoms with Gasteiger partial charge in [-0.15, -0.1) is 0 Å². The molecule has 2 fully saturated rings. The number of aliphatic hydroxyl groups excluding tert-OH is 1. The first kappa shape index (κ1) is 13.7. The van der Waals surface area contributed by atoms with Crippen LogP contribution in [0, 0.1) is 5.92 Å². The number of urea groups is 1. The minimum absolute atomic E-state index is 0.0171. The Kier molecular flexibility index (Phi) is 4.49. The summed E-state index contributed by atoms with van der Waals surface area (Å²) in [6.07, 6.45) is 5.96. The van der Waals surface area contributed by atoms with Crippen LogP contribution in [0.4, 0.5) is 4.79 Å². The quantitative estimate of drug-likeness (QED) is 0.778. The van der Waals surface area contributed by atoms with Gasteiger partial charge in [0.2, 0.25) is 0 Å². The van der Waals surface area contributed by atoms with E-state index in [0.717, 1.165) is 45.2 Å². The van der Waals surface area contributed by atoms with Crippen LogP contribution in [0.1, 0.15) is 45.4 Å². The molecule has 2 rings (SSSR count). The van der Waals surface area contributed by atoms with E-state index in [1.807, 2.05) is 11.9 Å². The van der Waals surface area contributed by atoms with Crippen LogP contribution >= 0.6 is 0 Å². The van der Waals surface area contributed by atoms with Gasteiger partial charge in [0.05, 0.1) is 12.1 Å². The van der Waals surface area contributed by atoms with Gasteiger partial charge in [0, 0.05) is 20.1 Å². The second kappa shape index (κ2) is 5.91. The fraction of sp³-hybridized carbons (Fsp3) is 0.929. The van der Waals surface area contributed by atoms with E-state index in [1.54, 1.807) is 4.90 Å². The summed E-state index contributed by atoms with van der Waals surface area (Å²) in [4.78, 5) is 16.2. The van der Waals surface area contributed by atoms with E-state index in [9.17, 15) is 9.90 Å². The highest BCUT2D eigenvalue weighted by Crippen LogP contribution is 2.24. The average molecular weight is 254 g/mol. The maximum Gasteiger partial charge on any atom is 0.320 e. The fourth-order valence-electron chi connectivity index (χ4n) is 3.27. The van der Waals surface area contributed by atoms with Gasteiger partial charge < -0.3 is 14.9 Å². The second-order valence-electron chi connectivity index (χ2n) is 6.01. The summed E-state index contributed by atoms with van der Waals surface area (Å²) in [5.41, 5.74) is 0. The molecule has 3 unspecified atom stereocenters. The molecule has 0 aromatic rings. The van der Waals surface area contributed by atoms with Crippen molar-refractivity contribution in [3.8, 4) is 0 Å². The summed E-state index contributed by atoms with van der Waals surface area (Å²) in [5.74, 6) is 0.604. The topological polar surface area (TPSA) is 43.8 Å². The fourth-order valence-corrected chi connectivity index (χ4v) is 3.27. The lowest BCUT2D eigenvalue weighted by Crippen LogP contribution is -2.53. The van der Waals surface area contributed by atoms with Gasteiger partial charge in [-0.1, -0.05) is 19.8 Å². The number of aliphatic hydroxyl groups is 1. The molecule has 104 valence electrons. The minimum Gasteiger partial charge on any atom is -0.391 e. The third-order valence-electron chi connectivity index (χ3n) is 4.42. The molecule has 1 saturated carbocycles. The van der Waals surface area contributed by atoms with Gasteiger partial charge in [-0.05, 0) is 31.6 Å². The molecule has 0 aromatic carbocycles. The van der Waals surface area contributed by atoms with Crippen molar-refractivity contribution < 1.29 is 9.90 Å². The SMILES string of the molecule is CC1CCCN(C(=O)N(C)C2CCCCC2O)C1. The first-order valence-corrected chi connectivity index (χ1v) is 7.29. The molecule has 0 bridgehead atoms. The highest BCUT2D eigenvalue weighted by atomic mass is 16.3. The number of piperidine rings is 1. The highest BCUT2D eigenvalue weighted by Gasteiger charge is 2.32. The summed E-state index contributed by atoms with van der Waals surface area (Å²) in [5, 5.41) is 10.0. The van der Waals surface area contributed by atoms with Crippen molar-refractivity contribution in [2.45, 2.75) is 57.6 Å². The van der Waals surface area contributed by atoms with Crippen molar-refractivity contribution in [1.82, 2.24) is 9.80 Å². The first-order chi connectivity index (χ1) is 8.59. The zero-order chi connectivity index (χ0) is 13.1. The molecule has 2 amide bonds. The van der Waals surface area contributed by atoms with E-state index in [4.69, 9.17) is 0 Å². The van der Waals surface area contributed by atoms with E-state index in [2.05, 4.69) is 6.92 Å². The molecule has 18 heavy (non-hydrogen) atoms. The van der Waals surface area contributed by atoms with Gasteiger partial charge in [-0.3, -0.25) is 0 Å². The van der Waals surface area contributed by atoms with E-state index in [-0.39, 0.29) is 18.2 Å². The van der Waals surface area contributed by atoms with Crippen LogP contribution in [0.3, 0.4) is 0 Å². The monoisotopic (exact) mass is 254 g/mol. The molecule has 4 heteroatoms. The smallest absolute Gasteiger partial charge is 0.320 e. The summed E-state index contributed by atoms with van der Waals surface area (Å²) in [6.45, 7) is 3.94. The Bertz CT molecular complexity index is 296. The molecule has 0 radical (unpaired) electrons. The highest BCUT2D eigenvalue weighted by molar-refractivity contribution is 5.74. The molecule has 1 heterocycles. The van der Waals surface area contributed by atoms with Crippen LogP contribution in [-0.4, -0.2) is 53.2 Å². The van der Waals surface area contributed by atoms with E-state index < -0.39 is 0 Å². The van der Waals surface area contributed by atoms with Crippen LogP contribution in [0.5, 0.6) is 0 Å². The van der Waals surface area contributed by atoms with E-state index >= 15 is 0 Å². The number of amides is 2. The number of carbonyl (C=O) groups excluding carboxylic acids is 1. The Morgan fingerprint density at radius 2 is 1.94 bits per heavy atom. The van der Waals surface area contributed by atoms with Crippen molar-refractivity contribution in [2.75, 3.05) is 20.1 Å². The van der Waals surface area contributed by atoms with Crippen LogP contribution in [0.2, 0.25) is 0 Å². The molecule has 1 N–H and O–H groups in total. The van der Waals surface area contributed by atoms with Crippen molar-refractivity contribution in [1.29, 1.82) is 0 Å². The third-order valence-corrected chi connectivity index (χ3v) is 4.42. The Labute approximate surface area is 110 Å².